The molecule has 1 atom stereocenters. The standard InChI is InChI=1S/C18H18BrN3O2/c19-13-5-8-16-21-17(12-3-6-14(23)7-4-12)18(22(16)11-13)20-10-15-2-1-9-24-15/h3-8,11,15,20,23H,1-2,9-10H2. The maximum atomic E-state index is 9.53. The number of phenolic OH excluding ortho intramolecular Hbond substituents is 1. The molecule has 0 spiro atoms. The van der Waals surface area contributed by atoms with Crippen LogP contribution in [0.25, 0.3) is 16.9 Å². The van der Waals surface area contributed by atoms with E-state index >= 15 is 0 Å². The molecule has 0 aliphatic carbocycles. The molecule has 6 heteroatoms. The Morgan fingerprint density at radius 1 is 1.25 bits per heavy atom. The summed E-state index contributed by atoms with van der Waals surface area (Å²) in [4.78, 5) is 4.76. The molecule has 0 amide bonds. The maximum Gasteiger partial charge on any atom is 0.139 e. The number of hydrogen-bond acceptors (Lipinski definition) is 4. The van der Waals surface area contributed by atoms with Crippen molar-refractivity contribution in [3.05, 3.63) is 47.1 Å². The normalized spacial score (nSPS) is 17.5. The van der Waals surface area contributed by atoms with Gasteiger partial charge in [0.1, 0.15) is 22.9 Å². The fourth-order valence-electron chi connectivity index (χ4n) is 3.02. The minimum atomic E-state index is 0.246. The number of fused-ring (bicyclic) bond motifs is 1. The van der Waals surface area contributed by atoms with Gasteiger partial charge in [-0.3, -0.25) is 4.40 Å². The summed E-state index contributed by atoms with van der Waals surface area (Å²) in [5.41, 5.74) is 2.70. The number of imidazole rings is 1. The summed E-state index contributed by atoms with van der Waals surface area (Å²) in [7, 11) is 0. The third-order valence-corrected chi connectivity index (χ3v) is 4.71. The summed E-state index contributed by atoms with van der Waals surface area (Å²) in [5.74, 6) is 1.19. The summed E-state index contributed by atoms with van der Waals surface area (Å²) >= 11 is 3.52. The van der Waals surface area contributed by atoms with E-state index in [1.807, 2.05) is 34.9 Å². The second-order valence-corrected chi connectivity index (χ2v) is 6.86. The number of anilines is 1. The van der Waals surface area contributed by atoms with Gasteiger partial charge in [0.25, 0.3) is 0 Å². The molecule has 124 valence electrons. The number of pyridine rings is 1. The number of nitrogens with one attached hydrogen (secondary N) is 1. The molecule has 3 heterocycles. The van der Waals surface area contributed by atoms with Gasteiger partial charge >= 0.3 is 0 Å². The summed E-state index contributed by atoms with van der Waals surface area (Å²) in [5, 5.41) is 13.0. The van der Waals surface area contributed by atoms with E-state index in [1.54, 1.807) is 12.1 Å². The Balaban J connectivity index is 1.75. The fraction of sp³-hybridized carbons (Fsp3) is 0.278. The van der Waals surface area contributed by atoms with Crippen molar-refractivity contribution in [3.8, 4) is 17.0 Å². The Labute approximate surface area is 148 Å². The van der Waals surface area contributed by atoms with Crippen molar-refractivity contribution in [1.29, 1.82) is 0 Å². The van der Waals surface area contributed by atoms with Gasteiger partial charge in [-0.05, 0) is 65.2 Å². The van der Waals surface area contributed by atoms with Crippen molar-refractivity contribution in [3.63, 3.8) is 0 Å². The molecule has 2 aromatic heterocycles. The zero-order valence-electron chi connectivity index (χ0n) is 13.1. The van der Waals surface area contributed by atoms with E-state index in [-0.39, 0.29) is 11.9 Å². The number of nitrogens with zero attached hydrogens (tertiary/aromatic N) is 2. The molecular formula is C18H18BrN3O2. The van der Waals surface area contributed by atoms with Gasteiger partial charge in [-0.15, -0.1) is 0 Å². The molecule has 0 saturated carbocycles. The Morgan fingerprint density at radius 2 is 2.08 bits per heavy atom. The number of aromatic hydroxyl groups is 1. The van der Waals surface area contributed by atoms with Gasteiger partial charge in [0, 0.05) is 29.4 Å². The molecule has 1 unspecified atom stereocenters. The lowest BCUT2D eigenvalue weighted by atomic mass is 10.1. The molecule has 1 aliphatic heterocycles. The number of ether oxygens (including phenoxy) is 1. The molecule has 0 bridgehead atoms. The Morgan fingerprint density at radius 3 is 2.83 bits per heavy atom. The average molecular weight is 388 g/mol. The number of hydrogen-bond donors (Lipinski definition) is 2. The van der Waals surface area contributed by atoms with Crippen LogP contribution in [0.4, 0.5) is 5.82 Å². The third-order valence-electron chi connectivity index (χ3n) is 4.24. The molecule has 1 aromatic carbocycles. The number of halogens is 1. The molecule has 1 saturated heterocycles. The van der Waals surface area contributed by atoms with Crippen molar-refractivity contribution < 1.29 is 9.84 Å². The van der Waals surface area contributed by atoms with E-state index in [2.05, 4.69) is 21.2 Å². The highest BCUT2D eigenvalue weighted by molar-refractivity contribution is 9.10. The predicted molar refractivity (Wildman–Crippen MR) is 97.5 cm³/mol. The van der Waals surface area contributed by atoms with Crippen LogP contribution in [0.15, 0.2) is 47.1 Å². The summed E-state index contributed by atoms with van der Waals surface area (Å²) in [6.07, 6.45) is 4.46. The van der Waals surface area contributed by atoms with Gasteiger partial charge in [0.15, 0.2) is 0 Å². The largest absolute Gasteiger partial charge is 0.508 e. The summed E-state index contributed by atoms with van der Waals surface area (Å²) in [6, 6.07) is 11.1. The lowest BCUT2D eigenvalue weighted by molar-refractivity contribution is 0.120. The first-order valence-electron chi connectivity index (χ1n) is 8.03. The van der Waals surface area contributed by atoms with Gasteiger partial charge in [-0.2, -0.15) is 0 Å². The van der Waals surface area contributed by atoms with Crippen LogP contribution in [-0.2, 0) is 4.74 Å². The highest BCUT2D eigenvalue weighted by Gasteiger charge is 2.19. The van der Waals surface area contributed by atoms with Crippen LogP contribution in [-0.4, -0.2) is 33.7 Å². The quantitative estimate of drug-likeness (QED) is 0.708. The van der Waals surface area contributed by atoms with Gasteiger partial charge < -0.3 is 15.2 Å². The van der Waals surface area contributed by atoms with Crippen molar-refractivity contribution in [2.75, 3.05) is 18.5 Å². The van der Waals surface area contributed by atoms with Crippen molar-refractivity contribution in [1.82, 2.24) is 9.38 Å². The first kappa shape index (κ1) is 15.5. The number of benzene rings is 1. The van der Waals surface area contributed by atoms with Gasteiger partial charge in [-0.25, -0.2) is 4.98 Å². The second-order valence-electron chi connectivity index (χ2n) is 5.95. The Bertz CT molecular complexity index is 855. The lowest BCUT2D eigenvalue weighted by Crippen LogP contribution is -2.19. The Kier molecular flexibility index (Phi) is 4.16. The zero-order chi connectivity index (χ0) is 16.5. The van der Waals surface area contributed by atoms with Crippen molar-refractivity contribution in [2.45, 2.75) is 18.9 Å². The topological polar surface area (TPSA) is 58.8 Å². The van der Waals surface area contributed by atoms with Crippen LogP contribution >= 0.6 is 15.9 Å². The highest BCUT2D eigenvalue weighted by atomic mass is 79.9. The number of rotatable bonds is 4. The molecular weight excluding hydrogens is 370 g/mol. The van der Waals surface area contributed by atoms with E-state index < -0.39 is 0 Å². The van der Waals surface area contributed by atoms with Crippen LogP contribution in [0.5, 0.6) is 5.75 Å². The zero-order valence-corrected chi connectivity index (χ0v) is 14.7. The lowest BCUT2D eigenvalue weighted by Gasteiger charge is -2.13. The first-order valence-corrected chi connectivity index (χ1v) is 8.82. The van der Waals surface area contributed by atoms with E-state index in [1.165, 1.54) is 0 Å². The monoisotopic (exact) mass is 387 g/mol. The van der Waals surface area contributed by atoms with Crippen molar-refractivity contribution in [2.24, 2.45) is 0 Å². The first-order chi connectivity index (χ1) is 11.7. The maximum absolute atomic E-state index is 9.53. The van der Waals surface area contributed by atoms with Gasteiger partial charge in [0.05, 0.1) is 6.10 Å². The molecule has 3 aromatic rings. The van der Waals surface area contributed by atoms with E-state index in [0.717, 1.165) is 53.2 Å². The van der Waals surface area contributed by atoms with Crippen molar-refractivity contribution >= 4 is 27.4 Å². The van der Waals surface area contributed by atoms with Crippen LogP contribution in [0, 0.1) is 0 Å². The smallest absolute Gasteiger partial charge is 0.139 e. The van der Waals surface area contributed by atoms with Crippen LogP contribution < -0.4 is 5.32 Å². The van der Waals surface area contributed by atoms with E-state index in [4.69, 9.17) is 9.72 Å². The molecule has 5 nitrogen and oxygen atoms in total. The fourth-order valence-corrected chi connectivity index (χ4v) is 3.36. The molecule has 24 heavy (non-hydrogen) atoms. The van der Waals surface area contributed by atoms with E-state index in [0.29, 0.717) is 0 Å². The highest BCUT2D eigenvalue weighted by Crippen LogP contribution is 2.31. The molecule has 0 radical (unpaired) electrons. The number of phenols is 1. The van der Waals surface area contributed by atoms with Crippen LogP contribution in [0.2, 0.25) is 0 Å². The Hall–Kier alpha value is -2.05. The molecule has 1 aliphatic rings. The van der Waals surface area contributed by atoms with Gasteiger partial charge in [-0.1, -0.05) is 0 Å². The SMILES string of the molecule is Oc1ccc(-c2nc3ccc(Br)cn3c2NCC2CCCO2)cc1. The van der Waals surface area contributed by atoms with E-state index in [9.17, 15) is 5.11 Å². The minimum absolute atomic E-state index is 0.246. The molecule has 4 rings (SSSR count). The minimum Gasteiger partial charge on any atom is -0.508 e. The van der Waals surface area contributed by atoms with Crippen LogP contribution in [0.1, 0.15) is 12.8 Å². The predicted octanol–water partition coefficient (Wildman–Crippen LogP) is 4.06. The number of aromatic nitrogens is 2. The van der Waals surface area contributed by atoms with Gasteiger partial charge in [0.2, 0.25) is 0 Å². The third kappa shape index (κ3) is 2.99. The summed E-state index contributed by atoms with van der Waals surface area (Å²) in [6.45, 7) is 1.60. The van der Waals surface area contributed by atoms with Crippen LogP contribution in [0.3, 0.4) is 0 Å². The second kappa shape index (κ2) is 6.45. The average Bonchev–Trinajstić information content (AvgIpc) is 3.21. The molecule has 2 N–H and O–H groups in total. The summed E-state index contributed by atoms with van der Waals surface area (Å²) < 4.78 is 8.75. The molecule has 1 fully saturated rings.